The van der Waals surface area contributed by atoms with Crippen LogP contribution in [-0.4, -0.2) is 30.7 Å². The molecule has 0 aliphatic heterocycles. The van der Waals surface area contributed by atoms with Crippen LogP contribution in [0.5, 0.6) is 11.6 Å². The van der Waals surface area contributed by atoms with Crippen molar-refractivity contribution in [3.63, 3.8) is 0 Å². The molecular formula is C19H19N3O5S. The number of rotatable bonds is 6. The molecule has 2 N–H and O–H groups in total. The summed E-state index contributed by atoms with van der Waals surface area (Å²) in [5.41, 5.74) is 7.18. The third-order valence-corrected chi connectivity index (χ3v) is 5.68. The number of anilines is 1. The van der Waals surface area contributed by atoms with Crippen molar-refractivity contribution in [1.29, 1.82) is 0 Å². The number of hydrogen-bond acceptors (Lipinski definition) is 7. The molecule has 2 aromatic carbocycles. The molecule has 1 aromatic heterocycles. The average Bonchev–Trinajstić information content (AvgIpc) is 3.08. The topological polar surface area (TPSA) is 114 Å². The van der Waals surface area contributed by atoms with Crippen LogP contribution in [-0.2, 0) is 16.4 Å². The average molecular weight is 401 g/mol. The number of aryl methyl sites for hydroxylation is 1. The van der Waals surface area contributed by atoms with Gasteiger partial charge >= 0.3 is 5.97 Å². The number of nitrogen functional groups attached to an aromatic ring is 1. The summed E-state index contributed by atoms with van der Waals surface area (Å²) in [6, 6.07) is 13.8. The number of methoxy groups -OCH3 is 1. The van der Waals surface area contributed by atoms with Crippen LogP contribution in [0, 0.1) is 0 Å². The maximum absolute atomic E-state index is 12.7. The molecule has 3 rings (SSSR count). The molecule has 1 heterocycles. The first-order chi connectivity index (χ1) is 13.3. The first-order valence-corrected chi connectivity index (χ1v) is 9.85. The van der Waals surface area contributed by atoms with Crippen LogP contribution in [0.1, 0.15) is 22.8 Å². The summed E-state index contributed by atoms with van der Waals surface area (Å²) in [5, 5.41) is 3.83. The summed E-state index contributed by atoms with van der Waals surface area (Å²) in [7, 11) is -2.57. The van der Waals surface area contributed by atoms with E-state index in [2.05, 4.69) is 5.10 Å². The Morgan fingerprint density at radius 3 is 2.32 bits per heavy atom. The van der Waals surface area contributed by atoms with Gasteiger partial charge in [0.05, 0.1) is 17.6 Å². The van der Waals surface area contributed by atoms with Crippen molar-refractivity contribution in [3.8, 4) is 11.6 Å². The van der Waals surface area contributed by atoms with Gasteiger partial charge in [0.1, 0.15) is 11.6 Å². The lowest BCUT2D eigenvalue weighted by Crippen LogP contribution is -2.17. The van der Waals surface area contributed by atoms with Crippen molar-refractivity contribution in [2.24, 2.45) is 0 Å². The largest absolute Gasteiger partial charge is 0.497 e. The second-order valence-corrected chi connectivity index (χ2v) is 7.64. The standard InChI is InChI=1S/C19H19N3O5S/c1-3-13-4-6-14(7-5-13)19(23)27-18-12-17(20)22(21-18)28(24,25)16-10-8-15(26-2)9-11-16/h4-12H,3,20H2,1-2H3. The van der Waals surface area contributed by atoms with Gasteiger partial charge < -0.3 is 15.2 Å². The van der Waals surface area contributed by atoms with Crippen LogP contribution in [0.25, 0.3) is 0 Å². The van der Waals surface area contributed by atoms with E-state index in [4.69, 9.17) is 15.2 Å². The van der Waals surface area contributed by atoms with E-state index in [1.807, 2.05) is 19.1 Å². The molecule has 0 aliphatic rings. The van der Waals surface area contributed by atoms with Gasteiger partial charge in [-0.2, -0.15) is 8.42 Å². The summed E-state index contributed by atoms with van der Waals surface area (Å²) in [6.45, 7) is 2.01. The molecule has 0 unspecified atom stereocenters. The Morgan fingerprint density at radius 2 is 1.75 bits per heavy atom. The highest BCUT2D eigenvalue weighted by Crippen LogP contribution is 2.23. The van der Waals surface area contributed by atoms with E-state index < -0.39 is 16.0 Å². The molecule has 0 radical (unpaired) electrons. The van der Waals surface area contributed by atoms with E-state index in [0.717, 1.165) is 12.0 Å². The van der Waals surface area contributed by atoms with Crippen molar-refractivity contribution >= 4 is 21.8 Å². The van der Waals surface area contributed by atoms with Crippen molar-refractivity contribution in [1.82, 2.24) is 9.19 Å². The molecule has 28 heavy (non-hydrogen) atoms. The molecule has 0 aliphatic carbocycles. The minimum Gasteiger partial charge on any atom is -0.497 e. The summed E-state index contributed by atoms with van der Waals surface area (Å²) >= 11 is 0. The zero-order valence-corrected chi connectivity index (χ0v) is 16.1. The zero-order chi connectivity index (χ0) is 20.3. The van der Waals surface area contributed by atoms with E-state index >= 15 is 0 Å². The maximum Gasteiger partial charge on any atom is 0.344 e. The number of ether oxygens (including phenoxy) is 2. The number of esters is 1. The first kappa shape index (κ1) is 19.4. The second-order valence-electron chi connectivity index (χ2n) is 5.87. The summed E-state index contributed by atoms with van der Waals surface area (Å²) < 4.78 is 36.3. The van der Waals surface area contributed by atoms with E-state index in [-0.39, 0.29) is 16.6 Å². The predicted octanol–water partition coefficient (Wildman–Crippen LogP) is 2.49. The molecule has 9 heteroatoms. The monoisotopic (exact) mass is 401 g/mol. The number of nitrogens with two attached hydrogens (primary N) is 1. The third-order valence-electron chi connectivity index (χ3n) is 4.06. The van der Waals surface area contributed by atoms with Crippen molar-refractivity contribution in [2.45, 2.75) is 18.2 Å². The second kappa shape index (κ2) is 7.73. The molecule has 0 bridgehead atoms. The molecule has 0 saturated heterocycles. The van der Waals surface area contributed by atoms with Crippen molar-refractivity contribution in [3.05, 3.63) is 65.7 Å². The SMILES string of the molecule is CCc1ccc(C(=O)Oc2cc(N)n(S(=O)(=O)c3ccc(OC)cc3)n2)cc1. The van der Waals surface area contributed by atoms with Gasteiger partial charge in [-0.05, 0) is 48.4 Å². The maximum atomic E-state index is 12.7. The minimum atomic E-state index is -4.05. The van der Waals surface area contributed by atoms with Crippen molar-refractivity contribution < 1.29 is 22.7 Å². The summed E-state index contributed by atoms with van der Waals surface area (Å²) in [6.07, 6.45) is 0.847. The highest BCUT2D eigenvalue weighted by molar-refractivity contribution is 7.90. The lowest BCUT2D eigenvalue weighted by molar-refractivity contribution is 0.0727. The van der Waals surface area contributed by atoms with E-state index in [1.54, 1.807) is 12.1 Å². The molecule has 0 atom stereocenters. The van der Waals surface area contributed by atoms with E-state index in [9.17, 15) is 13.2 Å². The Morgan fingerprint density at radius 1 is 1.11 bits per heavy atom. The molecule has 0 spiro atoms. The first-order valence-electron chi connectivity index (χ1n) is 8.41. The van der Waals surface area contributed by atoms with Gasteiger partial charge in [-0.1, -0.05) is 19.1 Å². The number of carbonyl (C=O) groups excluding carboxylic acids is 1. The Kier molecular flexibility index (Phi) is 5.36. The van der Waals surface area contributed by atoms with Gasteiger partial charge in [-0.25, -0.2) is 4.79 Å². The lowest BCUT2D eigenvalue weighted by Gasteiger charge is -2.07. The lowest BCUT2D eigenvalue weighted by atomic mass is 10.1. The highest BCUT2D eigenvalue weighted by atomic mass is 32.2. The van der Waals surface area contributed by atoms with Crippen LogP contribution < -0.4 is 15.2 Å². The number of benzene rings is 2. The Labute approximate surface area is 162 Å². The fourth-order valence-electron chi connectivity index (χ4n) is 2.48. The summed E-state index contributed by atoms with van der Waals surface area (Å²) in [4.78, 5) is 12.2. The van der Waals surface area contributed by atoms with Gasteiger partial charge in [-0.3, -0.25) is 0 Å². The quantitative estimate of drug-likeness (QED) is 0.631. The molecule has 146 valence electrons. The van der Waals surface area contributed by atoms with Gasteiger partial charge in [0.15, 0.2) is 0 Å². The molecule has 0 amide bonds. The minimum absolute atomic E-state index is 0.0314. The Hall–Kier alpha value is -3.33. The number of hydrogen-bond donors (Lipinski definition) is 1. The smallest absolute Gasteiger partial charge is 0.344 e. The predicted molar refractivity (Wildman–Crippen MR) is 103 cm³/mol. The Balaban J connectivity index is 1.84. The van der Waals surface area contributed by atoms with Crippen LogP contribution in [0.4, 0.5) is 5.82 Å². The highest BCUT2D eigenvalue weighted by Gasteiger charge is 2.23. The number of carbonyl (C=O) groups is 1. The van der Waals surface area contributed by atoms with Gasteiger partial charge in [0.2, 0.25) is 5.88 Å². The fourth-order valence-corrected chi connectivity index (χ4v) is 3.68. The molecule has 8 nitrogen and oxygen atoms in total. The van der Waals surface area contributed by atoms with Gasteiger partial charge in [0, 0.05) is 6.07 Å². The van der Waals surface area contributed by atoms with Crippen LogP contribution in [0.15, 0.2) is 59.5 Å². The number of aromatic nitrogens is 2. The summed E-state index contributed by atoms with van der Waals surface area (Å²) in [5.74, 6) is -0.538. The van der Waals surface area contributed by atoms with Crippen molar-refractivity contribution in [2.75, 3.05) is 12.8 Å². The molecular weight excluding hydrogens is 382 g/mol. The third kappa shape index (κ3) is 3.84. The molecule has 0 fully saturated rings. The van der Waals surface area contributed by atoms with Gasteiger partial charge in [-0.15, -0.1) is 9.19 Å². The van der Waals surface area contributed by atoms with Gasteiger partial charge in [0.25, 0.3) is 10.0 Å². The normalized spacial score (nSPS) is 11.2. The Bertz CT molecular complexity index is 1090. The van der Waals surface area contributed by atoms with E-state index in [0.29, 0.717) is 15.4 Å². The van der Waals surface area contributed by atoms with Crippen LogP contribution in [0.3, 0.4) is 0 Å². The molecule has 3 aromatic rings. The van der Waals surface area contributed by atoms with E-state index in [1.165, 1.54) is 37.4 Å². The number of nitrogens with zero attached hydrogens (tertiary/aromatic N) is 2. The van der Waals surface area contributed by atoms with Crippen LogP contribution >= 0.6 is 0 Å². The molecule has 0 saturated carbocycles. The zero-order valence-electron chi connectivity index (χ0n) is 15.3. The fraction of sp³-hybridized carbons (Fsp3) is 0.158. The van der Waals surface area contributed by atoms with Crippen LogP contribution in [0.2, 0.25) is 0 Å².